The minimum absolute atomic E-state index is 0.0699. The third-order valence-corrected chi connectivity index (χ3v) is 9.56. The highest BCUT2D eigenvalue weighted by atomic mass is 32.2. The van der Waals surface area contributed by atoms with Gasteiger partial charge < -0.3 is 0 Å². The number of piperidine rings is 1. The number of hydrogen-bond donors (Lipinski definition) is 1. The molecule has 12 heteroatoms. The highest BCUT2D eigenvalue weighted by molar-refractivity contribution is 7.91. The van der Waals surface area contributed by atoms with E-state index in [1.165, 1.54) is 16.4 Å². The average molecular weight is 460 g/mol. The van der Waals surface area contributed by atoms with Gasteiger partial charge in [0.2, 0.25) is 10.0 Å². The summed E-state index contributed by atoms with van der Waals surface area (Å²) in [4.78, 5) is 10.0. The molecule has 0 amide bonds. The summed E-state index contributed by atoms with van der Waals surface area (Å²) in [5.41, 5.74) is -0.194. The van der Waals surface area contributed by atoms with Crippen molar-refractivity contribution in [1.29, 1.82) is 0 Å². The minimum Gasteiger partial charge on any atom is -0.258 e. The maximum atomic E-state index is 12.9. The Morgan fingerprint density at radius 2 is 1.86 bits per heavy atom. The van der Waals surface area contributed by atoms with Gasteiger partial charge in [0.15, 0.2) is 0 Å². The van der Waals surface area contributed by atoms with Crippen molar-refractivity contribution in [2.75, 3.05) is 13.1 Å². The molecule has 0 spiro atoms. The van der Waals surface area contributed by atoms with Crippen LogP contribution in [0.15, 0.2) is 50.9 Å². The third-order valence-electron chi connectivity index (χ3n) is 4.76. The molecule has 2 heterocycles. The van der Waals surface area contributed by atoms with E-state index in [4.69, 9.17) is 0 Å². The molecule has 0 saturated carbocycles. The predicted octanol–water partition coefficient (Wildman–Crippen LogP) is 2.57. The molecule has 158 valence electrons. The third kappa shape index (κ3) is 5.01. The number of non-ortho nitro benzene ring substituents is 1. The van der Waals surface area contributed by atoms with Crippen LogP contribution in [-0.4, -0.2) is 45.2 Å². The fourth-order valence-corrected chi connectivity index (χ4v) is 7.19. The second kappa shape index (κ2) is 8.88. The highest BCUT2D eigenvalue weighted by Gasteiger charge is 2.34. The summed E-state index contributed by atoms with van der Waals surface area (Å²) in [7, 11) is -7.43. The molecule has 0 radical (unpaired) electrons. The van der Waals surface area contributed by atoms with E-state index in [9.17, 15) is 26.9 Å². The second-order valence-electron chi connectivity index (χ2n) is 6.63. The fraction of sp³-hybridized carbons (Fsp3) is 0.412. The van der Waals surface area contributed by atoms with E-state index >= 15 is 0 Å². The van der Waals surface area contributed by atoms with Gasteiger partial charge in [0.05, 0.1) is 9.82 Å². The summed E-state index contributed by atoms with van der Waals surface area (Å²) < 4.78 is 54.8. The number of benzene rings is 1. The van der Waals surface area contributed by atoms with Crippen molar-refractivity contribution in [3.8, 4) is 0 Å². The van der Waals surface area contributed by atoms with E-state index in [-0.39, 0.29) is 27.4 Å². The lowest BCUT2D eigenvalue weighted by Crippen LogP contribution is -2.44. The van der Waals surface area contributed by atoms with Crippen molar-refractivity contribution in [3.63, 3.8) is 0 Å². The molecule has 29 heavy (non-hydrogen) atoms. The van der Waals surface area contributed by atoms with Gasteiger partial charge in [-0.25, -0.2) is 21.6 Å². The van der Waals surface area contributed by atoms with Gasteiger partial charge in [0.25, 0.3) is 15.7 Å². The molecule has 1 aromatic carbocycles. The Labute approximate surface area is 173 Å². The zero-order valence-corrected chi connectivity index (χ0v) is 17.9. The lowest BCUT2D eigenvalue weighted by Gasteiger charge is -2.34. The van der Waals surface area contributed by atoms with Crippen LogP contribution in [-0.2, 0) is 20.0 Å². The fourth-order valence-electron chi connectivity index (χ4n) is 3.30. The van der Waals surface area contributed by atoms with Crippen LogP contribution in [0.4, 0.5) is 5.69 Å². The first-order valence-electron chi connectivity index (χ1n) is 9.01. The standard InChI is InChI=1S/C17H21N3O6S3/c21-20(22)15-6-8-16(9-7-15)28(23,24)18-11-10-14-4-1-2-12-19(14)29(25,26)17-5-3-13-27-17/h3,5-9,13-14,18H,1-2,4,10-12H2. The minimum atomic E-state index is -3.84. The van der Waals surface area contributed by atoms with Gasteiger partial charge in [-0.2, -0.15) is 4.31 Å². The van der Waals surface area contributed by atoms with Crippen LogP contribution in [0.25, 0.3) is 0 Å². The van der Waals surface area contributed by atoms with Crippen molar-refractivity contribution < 1.29 is 21.8 Å². The Hall–Kier alpha value is -1.86. The van der Waals surface area contributed by atoms with Crippen molar-refractivity contribution >= 4 is 37.1 Å². The molecule has 1 unspecified atom stereocenters. The highest BCUT2D eigenvalue weighted by Crippen LogP contribution is 2.29. The van der Waals surface area contributed by atoms with Crippen LogP contribution in [0, 0.1) is 10.1 Å². The quantitative estimate of drug-likeness (QED) is 0.477. The number of nitrogens with one attached hydrogen (secondary N) is 1. The van der Waals surface area contributed by atoms with Gasteiger partial charge in [0.1, 0.15) is 4.21 Å². The first-order chi connectivity index (χ1) is 13.7. The van der Waals surface area contributed by atoms with Gasteiger partial charge in [-0.15, -0.1) is 11.3 Å². The number of rotatable bonds is 8. The molecule has 3 rings (SSSR count). The summed E-state index contributed by atoms with van der Waals surface area (Å²) in [5.74, 6) is 0. The number of hydrogen-bond acceptors (Lipinski definition) is 7. The Morgan fingerprint density at radius 3 is 2.48 bits per heavy atom. The van der Waals surface area contributed by atoms with E-state index in [1.54, 1.807) is 17.5 Å². The average Bonchev–Trinajstić information content (AvgIpc) is 3.24. The van der Waals surface area contributed by atoms with Crippen molar-refractivity contribution in [2.45, 2.75) is 40.8 Å². The van der Waals surface area contributed by atoms with Gasteiger partial charge >= 0.3 is 0 Å². The Bertz CT molecular complexity index is 1050. The maximum Gasteiger partial charge on any atom is 0.269 e. The summed E-state index contributed by atoms with van der Waals surface area (Å²) in [6.45, 7) is 0.487. The molecule has 1 atom stereocenters. The lowest BCUT2D eigenvalue weighted by atomic mass is 10.0. The van der Waals surface area contributed by atoms with Crippen molar-refractivity contribution in [3.05, 3.63) is 51.9 Å². The van der Waals surface area contributed by atoms with Crippen molar-refractivity contribution in [1.82, 2.24) is 9.03 Å². The predicted molar refractivity (Wildman–Crippen MR) is 109 cm³/mol. The number of nitro groups is 1. The van der Waals surface area contributed by atoms with Crippen LogP contribution >= 0.6 is 11.3 Å². The molecule has 1 N–H and O–H groups in total. The number of sulfonamides is 2. The summed E-state index contributed by atoms with van der Waals surface area (Å²) in [5, 5.41) is 12.4. The van der Waals surface area contributed by atoms with Crippen LogP contribution in [0.5, 0.6) is 0 Å². The van der Waals surface area contributed by atoms with Gasteiger partial charge in [0, 0.05) is 31.3 Å². The zero-order chi connectivity index (χ0) is 21.1. The number of thiophene rings is 1. The van der Waals surface area contributed by atoms with E-state index < -0.39 is 25.0 Å². The molecule has 2 aromatic rings. The molecule has 1 aliphatic heterocycles. The van der Waals surface area contributed by atoms with E-state index in [2.05, 4.69) is 4.72 Å². The molecule has 1 saturated heterocycles. The van der Waals surface area contributed by atoms with Crippen LogP contribution in [0.3, 0.4) is 0 Å². The summed E-state index contributed by atoms with van der Waals surface area (Å²) in [6, 6.07) is 7.59. The Morgan fingerprint density at radius 1 is 1.14 bits per heavy atom. The van der Waals surface area contributed by atoms with Gasteiger partial charge in [-0.1, -0.05) is 12.5 Å². The molecule has 0 bridgehead atoms. The number of nitrogens with zero attached hydrogens (tertiary/aromatic N) is 2. The molecule has 1 fully saturated rings. The SMILES string of the molecule is O=[N+]([O-])c1ccc(S(=O)(=O)NCCC2CCCCN2S(=O)(=O)c2cccs2)cc1. The largest absolute Gasteiger partial charge is 0.269 e. The maximum absolute atomic E-state index is 12.9. The first-order valence-corrected chi connectivity index (χ1v) is 12.8. The van der Waals surface area contributed by atoms with Crippen molar-refractivity contribution in [2.24, 2.45) is 0 Å². The first kappa shape index (κ1) is 21.8. The zero-order valence-electron chi connectivity index (χ0n) is 15.4. The normalized spacial score (nSPS) is 18.6. The molecule has 1 aromatic heterocycles. The number of nitro benzene ring substituents is 1. The van der Waals surface area contributed by atoms with Crippen LogP contribution in [0.2, 0.25) is 0 Å². The topological polar surface area (TPSA) is 127 Å². The Kier molecular flexibility index (Phi) is 6.69. The molecule has 0 aliphatic carbocycles. The summed E-state index contributed by atoms with van der Waals surface area (Å²) >= 11 is 1.16. The van der Waals surface area contributed by atoms with Gasteiger partial charge in [-0.3, -0.25) is 10.1 Å². The van der Waals surface area contributed by atoms with Crippen LogP contribution in [0.1, 0.15) is 25.7 Å². The smallest absolute Gasteiger partial charge is 0.258 e. The second-order valence-corrected chi connectivity index (χ2v) is 11.5. The van der Waals surface area contributed by atoms with Gasteiger partial charge in [-0.05, 0) is 42.8 Å². The van der Waals surface area contributed by atoms with E-state index in [0.717, 1.165) is 36.3 Å². The Balaban J connectivity index is 1.65. The summed E-state index contributed by atoms with van der Waals surface area (Å²) in [6.07, 6.45) is 2.67. The van der Waals surface area contributed by atoms with Crippen LogP contribution < -0.4 is 4.72 Å². The molecule has 9 nitrogen and oxygen atoms in total. The lowest BCUT2D eigenvalue weighted by molar-refractivity contribution is -0.384. The molecule has 1 aliphatic rings. The monoisotopic (exact) mass is 459 g/mol. The molecular weight excluding hydrogens is 438 g/mol. The van der Waals surface area contributed by atoms with E-state index in [1.807, 2.05) is 0 Å². The molecular formula is C17H21N3O6S3. The van der Waals surface area contributed by atoms with E-state index in [0.29, 0.717) is 19.4 Å².